The highest BCUT2D eigenvalue weighted by Crippen LogP contribution is 2.31. The van der Waals surface area contributed by atoms with Crippen LogP contribution < -0.4 is 10.1 Å². The van der Waals surface area contributed by atoms with Crippen molar-refractivity contribution >= 4 is 0 Å². The van der Waals surface area contributed by atoms with Crippen LogP contribution in [0.15, 0.2) is 30.6 Å². The van der Waals surface area contributed by atoms with Crippen LogP contribution in [-0.4, -0.2) is 23.4 Å². The lowest BCUT2D eigenvalue weighted by atomic mass is 10.0. The van der Waals surface area contributed by atoms with Crippen LogP contribution in [0.25, 0.3) is 5.69 Å². The molecule has 0 aliphatic rings. The number of hydrogen-bond donors (Lipinski definition) is 1. The van der Waals surface area contributed by atoms with E-state index < -0.39 is 0 Å². The molecule has 0 saturated heterocycles. The Morgan fingerprint density at radius 3 is 2.80 bits per heavy atom. The van der Waals surface area contributed by atoms with Gasteiger partial charge in [-0.1, -0.05) is 13.0 Å². The topological polar surface area (TPSA) is 39.1 Å². The summed E-state index contributed by atoms with van der Waals surface area (Å²) in [6, 6.07) is 6.29. The van der Waals surface area contributed by atoms with Gasteiger partial charge in [0.05, 0.1) is 19.0 Å². The molecule has 0 spiro atoms. The van der Waals surface area contributed by atoms with Gasteiger partial charge in [-0.25, -0.2) is 4.68 Å². The van der Waals surface area contributed by atoms with Crippen molar-refractivity contribution in [2.45, 2.75) is 33.2 Å². The molecule has 1 unspecified atom stereocenters. The van der Waals surface area contributed by atoms with Gasteiger partial charge in [0.25, 0.3) is 0 Å². The molecule has 108 valence electrons. The van der Waals surface area contributed by atoms with Gasteiger partial charge in [0, 0.05) is 17.8 Å². The second-order valence-electron chi connectivity index (χ2n) is 5.03. The molecule has 0 bridgehead atoms. The molecule has 0 aliphatic heterocycles. The van der Waals surface area contributed by atoms with E-state index in [1.165, 1.54) is 0 Å². The maximum atomic E-state index is 5.53. The second-order valence-corrected chi connectivity index (χ2v) is 5.03. The number of aromatic nitrogens is 2. The van der Waals surface area contributed by atoms with Crippen LogP contribution in [0.2, 0.25) is 0 Å². The summed E-state index contributed by atoms with van der Waals surface area (Å²) in [5.74, 6) is 0.895. The predicted molar refractivity (Wildman–Crippen MR) is 81.6 cm³/mol. The smallest absolute Gasteiger partial charge is 0.125 e. The van der Waals surface area contributed by atoms with Crippen LogP contribution in [0, 0.1) is 6.92 Å². The highest BCUT2D eigenvalue weighted by atomic mass is 16.5. The van der Waals surface area contributed by atoms with Crippen molar-refractivity contribution in [3.8, 4) is 11.4 Å². The fourth-order valence-corrected chi connectivity index (χ4v) is 2.35. The average Bonchev–Trinajstić information content (AvgIpc) is 2.90. The second kappa shape index (κ2) is 6.57. The van der Waals surface area contributed by atoms with Crippen LogP contribution in [0.5, 0.6) is 5.75 Å². The highest BCUT2D eigenvalue weighted by Gasteiger charge is 2.17. The van der Waals surface area contributed by atoms with E-state index in [-0.39, 0.29) is 6.04 Å². The lowest BCUT2D eigenvalue weighted by molar-refractivity contribution is 0.401. The molecule has 1 heterocycles. The van der Waals surface area contributed by atoms with E-state index in [1.54, 1.807) is 7.11 Å². The van der Waals surface area contributed by atoms with Gasteiger partial charge in [-0.15, -0.1) is 0 Å². The van der Waals surface area contributed by atoms with Gasteiger partial charge < -0.3 is 10.1 Å². The molecule has 1 atom stereocenters. The molecule has 1 aromatic carbocycles. The summed E-state index contributed by atoms with van der Waals surface area (Å²) >= 11 is 0. The minimum atomic E-state index is 0.214. The van der Waals surface area contributed by atoms with Crippen molar-refractivity contribution in [2.24, 2.45) is 0 Å². The molecule has 0 aliphatic carbocycles. The summed E-state index contributed by atoms with van der Waals surface area (Å²) in [5, 5.41) is 7.94. The van der Waals surface area contributed by atoms with Crippen molar-refractivity contribution in [3.63, 3.8) is 0 Å². The third-order valence-electron chi connectivity index (χ3n) is 3.36. The van der Waals surface area contributed by atoms with E-state index in [0.717, 1.165) is 35.5 Å². The largest absolute Gasteiger partial charge is 0.496 e. The van der Waals surface area contributed by atoms with E-state index in [1.807, 2.05) is 36.1 Å². The van der Waals surface area contributed by atoms with Gasteiger partial charge in [-0.05, 0) is 44.5 Å². The molecule has 2 aromatic rings. The summed E-state index contributed by atoms with van der Waals surface area (Å²) in [7, 11) is 1.71. The summed E-state index contributed by atoms with van der Waals surface area (Å²) in [5.41, 5.74) is 3.35. The lowest BCUT2D eigenvalue weighted by Crippen LogP contribution is -2.21. The Bertz CT molecular complexity index is 563. The number of ether oxygens (including phenoxy) is 1. The Morgan fingerprint density at radius 1 is 1.40 bits per heavy atom. The number of rotatable bonds is 6. The molecule has 4 nitrogen and oxygen atoms in total. The number of nitrogens with zero attached hydrogens (tertiary/aromatic N) is 2. The number of methoxy groups -OCH3 is 1. The Kier molecular flexibility index (Phi) is 4.79. The molecule has 20 heavy (non-hydrogen) atoms. The molecule has 1 aromatic heterocycles. The molecule has 4 heteroatoms. The minimum Gasteiger partial charge on any atom is -0.496 e. The molecule has 2 rings (SSSR count). The molecular weight excluding hydrogens is 250 g/mol. The van der Waals surface area contributed by atoms with E-state index in [0.29, 0.717) is 0 Å². The third kappa shape index (κ3) is 3.02. The normalized spacial score (nSPS) is 12.4. The van der Waals surface area contributed by atoms with Crippen molar-refractivity contribution in [1.29, 1.82) is 0 Å². The first-order valence-electron chi connectivity index (χ1n) is 7.09. The van der Waals surface area contributed by atoms with Crippen LogP contribution in [-0.2, 0) is 0 Å². The van der Waals surface area contributed by atoms with Crippen molar-refractivity contribution in [2.75, 3.05) is 13.7 Å². The number of hydrogen-bond acceptors (Lipinski definition) is 3. The molecule has 0 amide bonds. The quantitative estimate of drug-likeness (QED) is 0.878. The molecule has 0 fully saturated rings. The Labute approximate surface area is 120 Å². The fraction of sp³-hybridized carbons (Fsp3) is 0.438. The zero-order valence-electron chi connectivity index (χ0n) is 12.7. The van der Waals surface area contributed by atoms with Crippen molar-refractivity contribution in [1.82, 2.24) is 15.1 Å². The molecule has 1 N–H and O–H groups in total. The fourth-order valence-electron chi connectivity index (χ4n) is 2.35. The van der Waals surface area contributed by atoms with E-state index in [2.05, 4.69) is 30.3 Å². The van der Waals surface area contributed by atoms with E-state index in [9.17, 15) is 0 Å². The monoisotopic (exact) mass is 273 g/mol. The third-order valence-corrected chi connectivity index (χ3v) is 3.36. The number of nitrogens with one attached hydrogen (secondary N) is 1. The first-order chi connectivity index (χ1) is 9.67. The van der Waals surface area contributed by atoms with Gasteiger partial charge in [-0.3, -0.25) is 0 Å². The zero-order valence-corrected chi connectivity index (χ0v) is 12.7. The minimum absolute atomic E-state index is 0.214. The van der Waals surface area contributed by atoms with Crippen molar-refractivity contribution in [3.05, 3.63) is 41.7 Å². The van der Waals surface area contributed by atoms with Gasteiger partial charge in [0.15, 0.2) is 0 Å². The SMILES string of the molecule is CCCNC(C)c1c(OC)cccc1-n1cc(C)cn1. The first kappa shape index (κ1) is 14.6. The van der Waals surface area contributed by atoms with Crippen LogP contribution in [0.3, 0.4) is 0 Å². The van der Waals surface area contributed by atoms with Gasteiger partial charge in [0.1, 0.15) is 5.75 Å². The number of aryl methyl sites for hydroxylation is 1. The summed E-state index contributed by atoms with van der Waals surface area (Å²) in [4.78, 5) is 0. The molecule has 0 saturated carbocycles. The lowest BCUT2D eigenvalue weighted by Gasteiger charge is -2.20. The van der Waals surface area contributed by atoms with Crippen LogP contribution in [0.1, 0.15) is 37.4 Å². The van der Waals surface area contributed by atoms with Gasteiger partial charge in [0.2, 0.25) is 0 Å². The standard InChI is InChI=1S/C16H23N3O/c1-5-9-17-13(3)16-14(7-6-8-15(16)20-4)19-11-12(2)10-18-19/h6-8,10-11,13,17H,5,9H2,1-4H3. The summed E-state index contributed by atoms with van der Waals surface area (Å²) in [6.07, 6.45) is 5.01. The highest BCUT2D eigenvalue weighted by molar-refractivity contribution is 5.51. The Hall–Kier alpha value is -1.81. The first-order valence-corrected chi connectivity index (χ1v) is 7.09. The zero-order chi connectivity index (χ0) is 14.5. The Balaban J connectivity index is 2.45. The van der Waals surface area contributed by atoms with Crippen LogP contribution in [0.4, 0.5) is 0 Å². The maximum Gasteiger partial charge on any atom is 0.125 e. The number of benzene rings is 1. The van der Waals surface area contributed by atoms with E-state index >= 15 is 0 Å². The van der Waals surface area contributed by atoms with Crippen LogP contribution >= 0.6 is 0 Å². The summed E-state index contributed by atoms with van der Waals surface area (Å²) in [6.45, 7) is 7.35. The predicted octanol–water partition coefficient (Wildman–Crippen LogP) is 3.25. The van der Waals surface area contributed by atoms with Gasteiger partial charge in [-0.2, -0.15) is 5.10 Å². The molecule has 0 radical (unpaired) electrons. The van der Waals surface area contributed by atoms with E-state index in [4.69, 9.17) is 4.74 Å². The average molecular weight is 273 g/mol. The van der Waals surface area contributed by atoms with Gasteiger partial charge >= 0.3 is 0 Å². The maximum absolute atomic E-state index is 5.53. The molecular formula is C16H23N3O. The van der Waals surface area contributed by atoms with Crippen molar-refractivity contribution < 1.29 is 4.74 Å². The summed E-state index contributed by atoms with van der Waals surface area (Å²) < 4.78 is 7.45. The Morgan fingerprint density at radius 2 is 2.20 bits per heavy atom.